The van der Waals surface area contributed by atoms with E-state index in [1.54, 1.807) is 38.2 Å². The summed E-state index contributed by atoms with van der Waals surface area (Å²) in [6.45, 7) is 3.44. The molecule has 0 saturated carbocycles. The Morgan fingerprint density at radius 2 is 2.24 bits per heavy atom. The number of rotatable bonds is 5. The van der Waals surface area contributed by atoms with Crippen LogP contribution in [0.4, 0.5) is 0 Å². The summed E-state index contributed by atoms with van der Waals surface area (Å²) in [5.41, 5.74) is -0.143. The van der Waals surface area contributed by atoms with Gasteiger partial charge in [0.05, 0.1) is 19.0 Å². The minimum atomic E-state index is -0.893. The zero-order chi connectivity index (χ0) is 15.5. The molecule has 0 aliphatic rings. The molecule has 7 heteroatoms. The highest BCUT2D eigenvalue weighted by molar-refractivity contribution is 7.98. The second-order valence-corrected chi connectivity index (χ2v) is 6.04. The first-order valence-electron chi connectivity index (χ1n) is 6.35. The molecule has 1 aromatic carbocycles. The molecular formula is C14H17N3O3S. The summed E-state index contributed by atoms with van der Waals surface area (Å²) in [5.74, 6) is 0.454. The lowest BCUT2D eigenvalue weighted by atomic mass is 10.1. The molecule has 1 heterocycles. The number of carbonyl (C=O) groups excluding carboxylic acids is 1. The van der Waals surface area contributed by atoms with Crippen LogP contribution in [0, 0.1) is 0 Å². The zero-order valence-electron chi connectivity index (χ0n) is 12.1. The van der Waals surface area contributed by atoms with Crippen LogP contribution in [0.5, 0.6) is 5.75 Å². The van der Waals surface area contributed by atoms with Gasteiger partial charge in [0, 0.05) is 10.6 Å². The third-order valence-electron chi connectivity index (χ3n) is 3.00. The molecule has 1 N–H and O–H groups in total. The van der Waals surface area contributed by atoms with E-state index < -0.39 is 5.54 Å². The predicted molar refractivity (Wildman–Crippen MR) is 79.0 cm³/mol. The van der Waals surface area contributed by atoms with Gasteiger partial charge < -0.3 is 9.84 Å². The van der Waals surface area contributed by atoms with Crippen LogP contribution in [0.1, 0.15) is 19.5 Å². The number of phenols is 1. The lowest BCUT2D eigenvalue weighted by Crippen LogP contribution is -2.37. The fourth-order valence-corrected chi connectivity index (χ4v) is 2.54. The van der Waals surface area contributed by atoms with E-state index in [1.165, 1.54) is 23.6 Å². The molecule has 0 saturated heterocycles. The Hall–Kier alpha value is -2.02. The van der Waals surface area contributed by atoms with Gasteiger partial charge in [0.25, 0.3) is 0 Å². The number of methoxy groups -OCH3 is 1. The number of carbonyl (C=O) groups is 1. The highest BCUT2D eigenvalue weighted by Gasteiger charge is 2.32. The van der Waals surface area contributed by atoms with Crippen molar-refractivity contribution < 1.29 is 14.6 Å². The fraction of sp³-hybridized carbons (Fsp3) is 0.357. The van der Waals surface area contributed by atoms with Crippen LogP contribution in [-0.4, -0.2) is 33.2 Å². The van der Waals surface area contributed by atoms with Gasteiger partial charge in [0.2, 0.25) is 0 Å². The minimum Gasteiger partial charge on any atom is -0.508 e. The van der Waals surface area contributed by atoms with Crippen LogP contribution in [0.3, 0.4) is 0 Å². The largest absolute Gasteiger partial charge is 0.508 e. The van der Waals surface area contributed by atoms with Crippen molar-refractivity contribution in [1.29, 1.82) is 0 Å². The Bertz CT molecular complexity index is 640. The summed E-state index contributed by atoms with van der Waals surface area (Å²) in [7, 11) is 1.35. The first-order chi connectivity index (χ1) is 9.93. The standard InChI is InChI=1S/C14H17N3O3S/c1-14(2,13(19)20-3)17-8-10(15-16-17)9-21-12-6-4-5-11(18)7-12/h4-8,18H,9H2,1-3H3. The second kappa shape index (κ2) is 6.17. The SMILES string of the molecule is COC(=O)C(C)(C)n1cc(CSc2cccc(O)c2)nn1. The quantitative estimate of drug-likeness (QED) is 0.674. The van der Waals surface area contributed by atoms with Crippen molar-refractivity contribution in [3.63, 3.8) is 0 Å². The van der Waals surface area contributed by atoms with E-state index in [0.717, 1.165) is 10.6 Å². The van der Waals surface area contributed by atoms with E-state index in [2.05, 4.69) is 10.3 Å². The van der Waals surface area contributed by atoms with E-state index in [4.69, 9.17) is 4.74 Å². The molecule has 6 nitrogen and oxygen atoms in total. The number of hydrogen-bond acceptors (Lipinski definition) is 6. The Labute approximate surface area is 127 Å². The van der Waals surface area contributed by atoms with Gasteiger partial charge >= 0.3 is 5.97 Å². The summed E-state index contributed by atoms with van der Waals surface area (Å²) in [5, 5.41) is 17.5. The molecule has 112 valence electrons. The summed E-state index contributed by atoms with van der Waals surface area (Å²) in [6, 6.07) is 7.01. The van der Waals surface area contributed by atoms with Crippen molar-refractivity contribution in [3.8, 4) is 5.75 Å². The second-order valence-electron chi connectivity index (χ2n) is 4.99. The first-order valence-corrected chi connectivity index (χ1v) is 7.34. The summed E-state index contributed by atoms with van der Waals surface area (Å²) in [6.07, 6.45) is 1.73. The van der Waals surface area contributed by atoms with Crippen molar-refractivity contribution in [2.75, 3.05) is 7.11 Å². The normalized spacial score (nSPS) is 11.4. The fourth-order valence-electron chi connectivity index (χ4n) is 1.71. The Morgan fingerprint density at radius 1 is 1.48 bits per heavy atom. The molecule has 0 aliphatic carbocycles. The van der Waals surface area contributed by atoms with Crippen LogP contribution in [-0.2, 0) is 20.8 Å². The van der Waals surface area contributed by atoms with Crippen molar-refractivity contribution in [3.05, 3.63) is 36.2 Å². The van der Waals surface area contributed by atoms with E-state index in [9.17, 15) is 9.90 Å². The van der Waals surface area contributed by atoms with Crippen LogP contribution < -0.4 is 0 Å². The number of benzene rings is 1. The van der Waals surface area contributed by atoms with Gasteiger partial charge in [-0.2, -0.15) is 0 Å². The molecule has 0 amide bonds. The summed E-state index contributed by atoms with van der Waals surface area (Å²) < 4.78 is 6.26. The van der Waals surface area contributed by atoms with Crippen LogP contribution >= 0.6 is 11.8 Å². The Balaban J connectivity index is 2.05. The Morgan fingerprint density at radius 3 is 2.90 bits per heavy atom. The molecular weight excluding hydrogens is 290 g/mol. The van der Waals surface area contributed by atoms with Gasteiger partial charge in [-0.1, -0.05) is 11.3 Å². The number of aromatic nitrogens is 3. The van der Waals surface area contributed by atoms with Crippen molar-refractivity contribution in [2.45, 2.75) is 30.0 Å². The molecule has 0 fully saturated rings. The predicted octanol–water partition coefficient (Wildman–Crippen LogP) is 2.18. The number of aromatic hydroxyl groups is 1. The maximum atomic E-state index is 11.7. The number of thioether (sulfide) groups is 1. The molecule has 0 atom stereocenters. The van der Waals surface area contributed by atoms with Crippen molar-refractivity contribution in [2.24, 2.45) is 0 Å². The molecule has 0 bridgehead atoms. The molecule has 21 heavy (non-hydrogen) atoms. The van der Waals surface area contributed by atoms with Crippen LogP contribution in [0.2, 0.25) is 0 Å². The van der Waals surface area contributed by atoms with Crippen LogP contribution in [0.15, 0.2) is 35.4 Å². The van der Waals surface area contributed by atoms with Gasteiger partial charge in [0.15, 0.2) is 5.54 Å². The highest BCUT2D eigenvalue weighted by atomic mass is 32.2. The lowest BCUT2D eigenvalue weighted by Gasteiger charge is -2.20. The van der Waals surface area contributed by atoms with Crippen molar-refractivity contribution >= 4 is 17.7 Å². The zero-order valence-corrected chi connectivity index (χ0v) is 12.9. The van der Waals surface area contributed by atoms with Gasteiger partial charge in [-0.05, 0) is 32.0 Å². The third kappa shape index (κ3) is 3.55. The van der Waals surface area contributed by atoms with Gasteiger partial charge in [-0.25, -0.2) is 9.48 Å². The molecule has 0 unspecified atom stereocenters. The molecule has 0 aliphatic heterocycles. The average molecular weight is 307 g/mol. The molecule has 0 radical (unpaired) electrons. The summed E-state index contributed by atoms with van der Waals surface area (Å²) in [4.78, 5) is 12.7. The molecule has 2 rings (SSSR count). The smallest absolute Gasteiger partial charge is 0.333 e. The minimum absolute atomic E-state index is 0.232. The van der Waals surface area contributed by atoms with Gasteiger partial charge in [0.1, 0.15) is 5.75 Å². The van der Waals surface area contributed by atoms with Gasteiger partial charge in [-0.15, -0.1) is 16.9 Å². The number of hydrogen-bond donors (Lipinski definition) is 1. The van der Waals surface area contributed by atoms with Crippen molar-refractivity contribution in [1.82, 2.24) is 15.0 Å². The maximum absolute atomic E-state index is 11.7. The molecule has 2 aromatic rings. The van der Waals surface area contributed by atoms with Gasteiger partial charge in [-0.3, -0.25) is 0 Å². The topological polar surface area (TPSA) is 77.2 Å². The first kappa shape index (κ1) is 15.4. The number of esters is 1. The number of ether oxygens (including phenoxy) is 1. The van der Waals surface area contributed by atoms with E-state index in [-0.39, 0.29) is 11.7 Å². The molecule has 0 spiro atoms. The van der Waals surface area contributed by atoms with E-state index in [1.807, 2.05) is 6.07 Å². The number of nitrogens with zero attached hydrogens (tertiary/aromatic N) is 3. The van der Waals surface area contributed by atoms with E-state index >= 15 is 0 Å². The summed E-state index contributed by atoms with van der Waals surface area (Å²) >= 11 is 1.53. The number of phenolic OH excluding ortho intramolecular Hbond substituents is 1. The monoisotopic (exact) mass is 307 g/mol. The lowest BCUT2D eigenvalue weighted by molar-refractivity contribution is -0.150. The van der Waals surface area contributed by atoms with Crippen LogP contribution in [0.25, 0.3) is 0 Å². The average Bonchev–Trinajstić information content (AvgIpc) is 2.94. The highest BCUT2D eigenvalue weighted by Crippen LogP contribution is 2.25. The third-order valence-corrected chi connectivity index (χ3v) is 4.03. The Kier molecular flexibility index (Phi) is 4.52. The van der Waals surface area contributed by atoms with E-state index in [0.29, 0.717) is 5.75 Å². The maximum Gasteiger partial charge on any atom is 0.333 e. The molecule has 1 aromatic heterocycles.